The third-order valence-corrected chi connectivity index (χ3v) is 2.94. The Morgan fingerprint density at radius 3 is 2.80 bits per heavy atom. The van der Waals surface area contributed by atoms with Crippen molar-refractivity contribution in [3.63, 3.8) is 0 Å². The number of nitrogens with zero attached hydrogens (tertiary/aromatic N) is 1. The van der Waals surface area contributed by atoms with Crippen molar-refractivity contribution >= 4 is 5.97 Å². The molecule has 0 aliphatic heterocycles. The van der Waals surface area contributed by atoms with E-state index < -0.39 is 6.17 Å². The van der Waals surface area contributed by atoms with Gasteiger partial charge < -0.3 is 4.74 Å². The highest BCUT2D eigenvalue weighted by molar-refractivity contribution is 5.69. The van der Waals surface area contributed by atoms with Crippen molar-refractivity contribution in [1.82, 2.24) is 4.90 Å². The molecule has 0 saturated heterocycles. The number of ether oxygens (including phenoxy) is 1. The van der Waals surface area contributed by atoms with Crippen LogP contribution >= 0.6 is 0 Å². The van der Waals surface area contributed by atoms with Crippen molar-refractivity contribution in [1.29, 1.82) is 0 Å². The Balaban J connectivity index is 2.23. The van der Waals surface area contributed by atoms with Gasteiger partial charge in [-0.15, -0.1) is 0 Å². The third kappa shape index (κ3) is 3.78. The Morgan fingerprint density at radius 1 is 1.53 bits per heavy atom. The van der Waals surface area contributed by atoms with Gasteiger partial charge in [-0.1, -0.05) is 0 Å². The van der Waals surface area contributed by atoms with Gasteiger partial charge in [0.1, 0.15) is 6.17 Å². The first-order valence-electron chi connectivity index (χ1n) is 5.65. The molecular weight excluding hydrogens is 197 g/mol. The molecule has 0 heterocycles. The predicted octanol–water partition coefficient (Wildman–Crippen LogP) is 1.76. The Labute approximate surface area is 90.6 Å². The Morgan fingerprint density at radius 2 is 2.27 bits per heavy atom. The fourth-order valence-corrected chi connectivity index (χ4v) is 2.06. The number of halogens is 1. The van der Waals surface area contributed by atoms with E-state index in [-0.39, 0.29) is 12.0 Å². The van der Waals surface area contributed by atoms with Crippen LogP contribution in [0.3, 0.4) is 0 Å². The first-order chi connectivity index (χ1) is 7.15. The number of rotatable bonds is 5. The molecule has 1 rings (SSSR count). The summed E-state index contributed by atoms with van der Waals surface area (Å²) in [5.74, 6) is -0.197. The van der Waals surface area contributed by atoms with Crippen LogP contribution in [0.2, 0.25) is 0 Å². The molecule has 0 spiro atoms. The topological polar surface area (TPSA) is 29.5 Å². The maximum Gasteiger partial charge on any atom is 0.307 e. The molecule has 4 heteroatoms. The zero-order valence-corrected chi connectivity index (χ0v) is 9.54. The average Bonchev–Trinajstić information content (AvgIpc) is 2.61. The fourth-order valence-electron chi connectivity index (χ4n) is 2.06. The summed E-state index contributed by atoms with van der Waals surface area (Å²) in [4.78, 5) is 13.0. The van der Waals surface area contributed by atoms with Crippen LogP contribution in [-0.4, -0.2) is 43.3 Å². The SMILES string of the molecule is CCOC(=O)CCN(C)[C@@H]1CCC[C@H]1F. The molecular formula is C11H20FNO2. The second-order valence-corrected chi connectivity index (χ2v) is 4.05. The van der Waals surface area contributed by atoms with Crippen LogP contribution in [0, 0.1) is 0 Å². The maximum atomic E-state index is 13.4. The minimum absolute atomic E-state index is 0.000531. The lowest BCUT2D eigenvalue weighted by Gasteiger charge is -2.25. The van der Waals surface area contributed by atoms with Crippen LogP contribution in [-0.2, 0) is 9.53 Å². The van der Waals surface area contributed by atoms with E-state index in [2.05, 4.69) is 0 Å². The molecule has 0 N–H and O–H groups in total. The highest BCUT2D eigenvalue weighted by atomic mass is 19.1. The lowest BCUT2D eigenvalue weighted by Crippen LogP contribution is -2.37. The zero-order chi connectivity index (χ0) is 11.3. The molecule has 1 fully saturated rings. The summed E-state index contributed by atoms with van der Waals surface area (Å²) in [6, 6.07) is -0.000531. The maximum absolute atomic E-state index is 13.4. The van der Waals surface area contributed by atoms with Crippen molar-refractivity contribution in [3.8, 4) is 0 Å². The molecule has 15 heavy (non-hydrogen) atoms. The van der Waals surface area contributed by atoms with Crippen LogP contribution in [0.25, 0.3) is 0 Å². The van der Waals surface area contributed by atoms with Crippen molar-refractivity contribution in [2.24, 2.45) is 0 Å². The number of hydrogen-bond donors (Lipinski definition) is 0. The monoisotopic (exact) mass is 217 g/mol. The second kappa shape index (κ2) is 6.05. The number of carbonyl (C=O) groups excluding carboxylic acids is 1. The van der Waals surface area contributed by atoms with E-state index in [4.69, 9.17) is 4.74 Å². The molecule has 0 amide bonds. The average molecular weight is 217 g/mol. The highest BCUT2D eigenvalue weighted by Gasteiger charge is 2.30. The van der Waals surface area contributed by atoms with Gasteiger partial charge in [-0.3, -0.25) is 9.69 Å². The van der Waals surface area contributed by atoms with E-state index in [1.165, 1.54) is 0 Å². The first kappa shape index (κ1) is 12.4. The summed E-state index contributed by atoms with van der Waals surface area (Å²) in [5.41, 5.74) is 0. The lowest BCUT2D eigenvalue weighted by molar-refractivity contribution is -0.143. The van der Waals surface area contributed by atoms with Gasteiger partial charge in [-0.05, 0) is 33.2 Å². The van der Waals surface area contributed by atoms with E-state index in [9.17, 15) is 9.18 Å². The summed E-state index contributed by atoms with van der Waals surface area (Å²) < 4.78 is 18.2. The molecule has 3 nitrogen and oxygen atoms in total. The van der Waals surface area contributed by atoms with Crippen LogP contribution in [0.5, 0.6) is 0 Å². The van der Waals surface area contributed by atoms with E-state index in [0.717, 1.165) is 12.8 Å². The second-order valence-electron chi connectivity index (χ2n) is 4.05. The summed E-state index contributed by atoms with van der Waals surface area (Å²) >= 11 is 0. The largest absolute Gasteiger partial charge is 0.466 e. The van der Waals surface area contributed by atoms with Crippen molar-refractivity contribution in [3.05, 3.63) is 0 Å². The van der Waals surface area contributed by atoms with Gasteiger partial charge in [0, 0.05) is 12.6 Å². The zero-order valence-electron chi connectivity index (χ0n) is 9.54. The number of esters is 1. The van der Waals surface area contributed by atoms with Gasteiger partial charge in [0.25, 0.3) is 0 Å². The third-order valence-electron chi connectivity index (χ3n) is 2.94. The molecule has 0 unspecified atom stereocenters. The summed E-state index contributed by atoms with van der Waals surface area (Å²) in [5, 5.41) is 0. The minimum atomic E-state index is -0.725. The Kier molecular flexibility index (Phi) is 5.02. The van der Waals surface area contributed by atoms with Crippen LogP contribution in [0.15, 0.2) is 0 Å². The number of hydrogen-bond acceptors (Lipinski definition) is 3. The smallest absolute Gasteiger partial charge is 0.307 e. The van der Waals surface area contributed by atoms with Gasteiger partial charge in [0.05, 0.1) is 13.0 Å². The molecule has 1 aliphatic carbocycles. The van der Waals surface area contributed by atoms with Gasteiger partial charge in [0.15, 0.2) is 0 Å². The van der Waals surface area contributed by atoms with Crippen molar-refractivity contribution in [2.45, 2.75) is 44.8 Å². The molecule has 0 aromatic heterocycles. The summed E-state index contributed by atoms with van der Waals surface area (Å²) in [6.45, 7) is 2.79. The lowest BCUT2D eigenvalue weighted by atomic mass is 10.2. The molecule has 1 saturated carbocycles. The number of carbonyl (C=O) groups is 1. The molecule has 0 radical (unpaired) electrons. The molecule has 2 atom stereocenters. The standard InChI is InChI=1S/C11H20FNO2/c1-3-15-11(14)7-8-13(2)10-6-4-5-9(10)12/h9-10H,3-8H2,1-2H3/t9-,10-/m1/s1. The summed E-state index contributed by atoms with van der Waals surface area (Å²) in [6.07, 6.45) is 2.15. The highest BCUT2D eigenvalue weighted by Crippen LogP contribution is 2.25. The van der Waals surface area contributed by atoms with E-state index in [1.807, 2.05) is 11.9 Å². The molecule has 0 aromatic carbocycles. The Bertz CT molecular complexity index is 211. The van der Waals surface area contributed by atoms with E-state index >= 15 is 0 Å². The predicted molar refractivity (Wildman–Crippen MR) is 56.4 cm³/mol. The van der Waals surface area contributed by atoms with Gasteiger partial charge >= 0.3 is 5.97 Å². The first-order valence-corrected chi connectivity index (χ1v) is 5.65. The fraction of sp³-hybridized carbons (Fsp3) is 0.909. The van der Waals surface area contributed by atoms with Crippen LogP contribution in [0.1, 0.15) is 32.6 Å². The Hall–Kier alpha value is -0.640. The van der Waals surface area contributed by atoms with Crippen molar-refractivity contribution in [2.75, 3.05) is 20.2 Å². The summed E-state index contributed by atoms with van der Waals surface area (Å²) in [7, 11) is 1.88. The van der Waals surface area contributed by atoms with E-state index in [1.54, 1.807) is 6.92 Å². The normalized spacial score (nSPS) is 25.9. The van der Waals surface area contributed by atoms with Gasteiger partial charge in [-0.25, -0.2) is 4.39 Å². The van der Waals surface area contributed by atoms with Crippen molar-refractivity contribution < 1.29 is 13.9 Å². The minimum Gasteiger partial charge on any atom is -0.466 e. The molecule has 0 aromatic rings. The molecule has 1 aliphatic rings. The van der Waals surface area contributed by atoms with Crippen LogP contribution < -0.4 is 0 Å². The number of alkyl halides is 1. The quantitative estimate of drug-likeness (QED) is 0.657. The van der Waals surface area contributed by atoms with E-state index in [0.29, 0.717) is 26.0 Å². The van der Waals surface area contributed by atoms with Gasteiger partial charge in [-0.2, -0.15) is 0 Å². The van der Waals surface area contributed by atoms with Gasteiger partial charge in [0.2, 0.25) is 0 Å². The molecule has 88 valence electrons. The molecule has 0 bridgehead atoms. The van der Waals surface area contributed by atoms with Crippen LogP contribution in [0.4, 0.5) is 4.39 Å².